The first-order valence-electron chi connectivity index (χ1n) is 8.50. The Labute approximate surface area is 149 Å². The molecule has 2 aliphatic rings. The fraction of sp³-hybridized carbons (Fsp3) is 0.529. The van der Waals surface area contributed by atoms with Gasteiger partial charge in [-0.25, -0.2) is 4.99 Å². The number of rotatable bonds is 3. The van der Waals surface area contributed by atoms with Gasteiger partial charge in [-0.2, -0.15) is 18.2 Å². The molecule has 0 bridgehead atoms. The number of ether oxygens (including phenoxy) is 1. The molecule has 1 saturated carbocycles. The molecule has 0 amide bonds. The van der Waals surface area contributed by atoms with E-state index in [2.05, 4.69) is 9.98 Å². The molecular formula is C17H22F3N5O. The van der Waals surface area contributed by atoms with Gasteiger partial charge in [0, 0.05) is 5.69 Å². The molecule has 1 aliphatic heterocycles. The molecule has 0 aromatic heterocycles. The van der Waals surface area contributed by atoms with E-state index in [0.29, 0.717) is 0 Å². The summed E-state index contributed by atoms with van der Waals surface area (Å²) < 4.78 is 41.9. The van der Waals surface area contributed by atoms with Crippen LogP contribution in [0.5, 0.6) is 5.75 Å². The zero-order valence-corrected chi connectivity index (χ0v) is 14.5. The summed E-state index contributed by atoms with van der Waals surface area (Å²) in [5.74, 6) is 0.548. The average molecular weight is 369 g/mol. The molecule has 4 N–H and O–H groups in total. The number of hydrogen-bond acceptors (Lipinski definition) is 6. The van der Waals surface area contributed by atoms with E-state index in [1.54, 1.807) is 19.1 Å². The van der Waals surface area contributed by atoms with Crippen LogP contribution in [0.4, 0.5) is 18.9 Å². The van der Waals surface area contributed by atoms with Gasteiger partial charge >= 0.3 is 6.18 Å². The smallest absolute Gasteiger partial charge is 0.422 e. The van der Waals surface area contributed by atoms with Crippen molar-refractivity contribution in [3.63, 3.8) is 0 Å². The molecule has 6 nitrogen and oxygen atoms in total. The van der Waals surface area contributed by atoms with Crippen molar-refractivity contribution in [2.75, 3.05) is 11.5 Å². The predicted octanol–water partition coefficient (Wildman–Crippen LogP) is 3.05. The lowest BCUT2D eigenvalue weighted by atomic mass is 9.87. The molecule has 1 heterocycles. The van der Waals surface area contributed by atoms with Crippen LogP contribution in [0.15, 0.2) is 28.2 Å². The Hall–Kier alpha value is -2.45. The Morgan fingerprint density at radius 3 is 2.50 bits per heavy atom. The molecule has 26 heavy (non-hydrogen) atoms. The average Bonchev–Trinajstić information content (AvgIpc) is 2.54. The first-order chi connectivity index (χ1) is 12.2. The van der Waals surface area contributed by atoms with Gasteiger partial charge in [-0.1, -0.05) is 6.42 Å². The van der Waals surface area contributed by atoms with Gasteiger partial charge in [0.15, 0.2) is 6.61 Å². The summed E-state index contributed by atoms with van der Waals surface area (Å²) in [5, 5.41) is 0. The van der Waals surface area contributed by atoms with Crippen LogP contribution in [0.2, 0.25) is 0 Å². The van der Waals surface area contributed by atoms with Crippen LogP contribution < -0.4 is 21.1 Å². The minimum Gasteiger partial charge on any atom is -0.484 e. The summed E-state index contributed by atoms with van der Waals surface area (Å²) >= 11 is 0. The van der Waals surface area contributed by atoms with E-state index >= 15 is 0 Å². The lowest BCUT2D eigenvalue weighted by Gasteiger charge is -2.46. The van der Waals surface area contributed by atoms with E-state index in [9.17, 15) is 13.2 Å². The minimum absolute atomic E-state index is 0.150. The fourth-order valence-electron chi connectivity index (χ4n) is 3.60. The van der Waals surface area contributed by atoms with Gasteiger partial charge in [-0.3, -0.25) is 4.90 Å². The first-order valence-corrected chi connectivity index (χ1v) is 8.50. The maximum Gasteiger partial charge on any atom is 0.422 e. The van der Waals surface area contributed by atoms with E-state index in [-0.39, 0.29) is 17.7 Å². The third kappa shape index (κ3) is 3.71. The molecule has 1 aliphatic carbocycles. The van der Waals surface area contributed by atoms with E-state index in [1.165, 1.54) is 6.07 Å². The van der Waals surface area contributed by atoms with Crippen LogP contribution in [0.25, 0.3) is 0 Å². The molecule has 1 aromatic rings. The van der Waals surface area contributed by atoms with Crippen LogP contribution in [-0.4, -0.2) is 30.4 Å². The highest BCUT2D eigenvalue weighted by molar-refractivity contribution is 6.06. The molecule has 0 saturated heterocycles. The Bertz CT molecular complexity index is 738. The number of alkyl halides is 3. The lowest BCUT2D eigenvalue weighted by molar-refractivity contribution is -0.153. The molecule has 0 radical (unpaired) electrons. The van der Waals surface area contributed by atoms with E-state index < -0.39 is 18.4 Å². The topological polar surface area (TPSA) is 89.2 Å². The number of hydrogen-bond donors (Lipinski definition) is 2. The van der Waals surface area contributed by atoms with Crippen molar-refractivity contribution in [2.24, 2.45) is 21.5 Å². The Morgan fingerprint density at radius 2 is 1.88 bits per heavy atom. The van der Waals surface area contributed by atoms with Crippen molar-refractivity contribution in [3.05, 3.63) is 23.8 Å². The highest BCUT2D eigenvalue weighted by Crippen LogP contribution is 2.41. The van der Waals surface area contributed by atoms with Crippen molar-refractivity contribution in [1.29, 1.82) is 0 Å². The summed E-state index contributed by atoms with van der Waals surface area (Å²) in [6.45, 7) is 0.463. The summed E-state index contributed by atoms with van der Waals surface area (Å²) in [7, 11) is 0. The van der Waals surface area contributed by atoms with Gasteiger partial charge in [-0.15, -0.1) is 0 Å². The molecule has 0 unspecified atom stereocenters. The van der Waals surface area contributed by atoms with Crippen molar-refractivity contribution in [2.45, 2.75) is 50.9 Å². The number of nitrogens with zero attached hydrogens (tertiary/aromatic N) is 3. The second-order valence-corrected chi connectivity index (χ2v) is 6.67. The summed E-state index contributed by atoms with van der Waals surface area (Å²) in [5.41, 5.74) is 12.9. The monoisotopic (exact) mass is 369 g/mol. The molecule has 3 rings (SSSR count). The number of aliphatic imine (C=N–C) groups is 2. The zero-order chi connectivity index (χ0) is 18.9. The third-order valence-corrected chi connectivity index (χ3v) is 4.66. The Kier molecular flexibility index (Phi) is 4.72. The van der Waals surface area contributed by atoms with Gasteiger partial charge in [0.1, 0.15) is 11.4 Å². The number of nitrogens with two attached hydrogens (primary N) is 2. The Balaban J connectivity index is 1.92. The molecule has 9 heteroatoms. The van der Waals surface area contributed by atoms with Crippen LogP contribution in [-0.2, 0) is 0 Å². The molecule has 0 atom stereocenters. The number of guanidine groups is 2. The van der Waals surface area contributed by atoms with Gasteiger partial charge in [0.2, 0.25) is 11.9 Å². The molecule has 142 valence electrons. The number of benzene rings is 1. The van der Waals surface area contributed by atoms with E-state index in [4.69, 9.17) is 16.2 Å². The van der Waals surface area contributed by atoms with Gasteiger partial charge < -0.3 is 16.2 Å². The van der Waals surface area contributed by atoms with E-state index in [0.717, 1.165) is 43.4 Å². The summed E-state index contributed by atoms with van der Waals surface area (Å²) in [6.07, 6.45) is 0.296. The van der Waals surface area contributed by atoms with Crippen LogP contribution in [0.1, 0.15) is 37.7 Å². The van der Waals surface area contributed by atoms with Crippen molar-refractivity contribution in [3.8, 4) is 5.75 Å². The van der Waals surface area contributed by atoms with Crippen LogP contribution >= 0.6 is 0 Å². The SMILES string of the molecule is Cc1cc(OCC(F)(F)F)ccc1N1C(N)=NC(N)=NC12CCCCC2. The second kappa shape index (κ2) is 6.69. The number of halogens is 3. The lowest BCUT2D eigenvalue weighted by Crippen LogP contribution is -2.58. The highest BCUT2D eigenvalue weighted by Gasteiger charge is 2.43. The molecule has 1 fully saturated rings. The van der Waals surface area contributed by atoms with Gasteiger partial charge in [0.25, 0.3) is 0 Å². The molecular weight excluding hydrogens is 347 g/mol. The normalized spacial score (nSPS) is 19.9. The zero-order valence-electron chi connectivity index (χ0n) is 14.5. The third-order valence-electron chi connectivity index (χ3n) is 4.66. The standard InChI is InChI=1S/C17H22F3N5O/c1-11-9-12(26-10-17(18,19)20)5-6-13(11)25-15(22)23-14(21)24-16(25)7-3-2-4-8-16/h5-6,9H,2-4,7-8,10H2,1H3,(H4,21,22,23,24). The largest absolute Gasteiger partial charge is 0.484 e. The van der Waals surface area contributed by atoms with Crippen molar-refractivity contribution in [1.82, 2.24) is 0 Å². The van der Waals surface area contributed by atoms with Gasteiger partial charge in [0.05, 0.1) is 0 Å². The maximum atomic E-state index is 12.3. The number of aryl methyl sites for hydroxylation is 1. The summed E-state index contributed by atoms with van der Waals surface area (Å²) in [4.78, 5) is 10.5. The second-order valence-electron chi connectivity index (χ2n) is 6.67. The minimum atomic E-state index is -4.38. The van der Waals surface area contributed by atoms with E-state index in [1.807, 2.05) is 4.90 Å². The molecule has 1 aromatic carbocycles. The quantitative estimate of drug-likeness (QED) is 0.857. The Morgan fingerprint density at radius 1 is 1.19 bits per heavy atom. The summed E-state index contributed by atoms with van der Waals surface area (Å²) in [6, 6.07) is 4.75. The van der Waals surface area contributed by atoms with Gasteiger partial charge in [-0.05, 0) is 56.4 Å². The molecule has 1 spiro atoms. The number of anilines is 1. The fourth-order valence-corrected chi connectivity index (χ4v) is 3.60. The van der Waals surface area contributed by atoms with Crippen LogP contribution in [0.3, 0.4) is 0 Å². The van der Waals surface area contributed by atoms with Crippen LogP contribution in [0, 0.1) is 6.92 Å². The van der Waals surface area contributed by atoms with Crippen molar-refractivity contribution < 1.29 is 17.9 Å². The first kappa shape index (κ1) is 18.3. The van der Waals surface area contributed by atoms with Crippen molar-refractivity contribution >= 4 is 17.6 Å². The highest BCUT2D eigenvalue weighted by atomic mass is 19.4. The maximum absolute atomic E-state index is 12.3. The predicted molar refractivity (Wildman–Crippen MR) is 94.3 cm³/mol.